The van der Waals surface area contributed by atoms with Gasteiger partial charge < -0.3 is 10.6 Å². The van der Waals surface area contributed by atoms with E-state index in [9.17, 15) is 0 Å². The highest BCUT2D eigenvalue weighted by atomic mass is 14.9. The fourth-order valence-electron chi connectivity index (χ4n) is 2.16. The number of hydrogen-bond donors (Lipinski definition) is 2. The van der Waals surface area contributed by atoms with Gasteiger partial charge in [-0.3, -0.25) is 0 Å². The van der Waals surface area contributed by atoms with Crippen LogP contribution >= 0.6 is 0 Å². The summed E-state index contributed by atoms with van der Waals surface area (Å²) in [4.78, 5) is 0. The highest BCUT2D eigenvalue weighted by molar-refractivity contribution is 5.58. The monoisotopic (exact) mass is 241 g/mol. The van der Waals surface area contributed by atoms with Crippen LogP contribution in [0.25, 0.3) is 0 Å². The summed E-state index contributed by atoms with van der Waals surface area (Å²) in [6.07, 6.45) is 4.46. The Bertz CT molecular complexity index is 483. The van der Waals surface area contributed by atoms with Crippen LogP contribution in [-0.4, -0.2) is 19.6 Å². The summed E-state index contributed by atoms with van der Waals surface area (Å²) >= 11 is 0. The number of rotatable bonds is 4. The van der Waals surface area contributed by atoms with Gasteiger partial charge in [0.15, 0.2) is 0 Å². The van der Waals surface area contributed by atoms with E-state index in [0.29, 0.717) is 0 Å². The molecule has 0 fully saturated rings. The first-order chi connectivity index (χ1) is 8.79. The van der Waals surface area contributed by atoms with Crippen molar-refractivity contribution in [2.24, 2.45) is 0 Å². The Kier molecular flexibility index (Phi) is 4.38. The minimum absolute atomic E-state index is 0.731. The minimum atomic E-state index is 0.731. The maximum atomic E-state index is 9.08. The van der Waals surface area contributed by atoms with Gasteiger partial charge in [0, 0.05) is 13.1 Å². The summed E-state index contributed by atoms with van der Waals surface area (Å²) in [7, 11) is 0. The van der Waals surface area contributed by atoms with Crippen molar-refractivity contribution >= 4 is 5.69 Å². The molecule has 0 aliphatic carbocycles. The summed E-state index contributed by atoms with van der Waals surface area (Å²) in [5, 5.41) is 15.7. The van der Waals surface area contributed by atoms with Crippen molar-refractivity contribution < 1.29 is 0 Å². The summed E-state index contributed by atoms with van der Waals surface area (Å²) in [5.41, 5.74) is 4.30. The smallest absolute Gasteiger partial charge is 0.101 e. The van der Waals surface area contributed by atoms with Gasteiger partial charge in [0.05, 0.1) is 11.3 Å². The van der Waals surface area contributed by atoms with Gasteiger partial charge in [0.25, 0.3) is 0 Å². The Hall–Kier alpha value is -1.79. The molecule has 0 unspecified atom stereocenters. The molecule has 1 aromatic carbocycles. The summed E-state index contributed by atoms with van der Waals surface area (Å²) in [6, 6.07) is 8.19. The van der Waals surface area contributed by atoms with Crippen LogP contribution in [0, 0.1) is 18.3 Å². The van der Waals surface area contributed by atoms with Gasteiger partial charge in [-0.1, -0.05) is 17.7 Å². The summed E-state index contributed by atoms with van der Waals surface area (Å²) in [6.45, 7) is 4.97. The predicted octanol–water partition coefficient (Wildman–Crippen LogP) is 2.59. The van der Waals surface area contributed by atoms with Crippen LogP contribution in [0.1, 0.15) is 24.0 Å². The molecule has 0 spiro atoms. The third-order valence-electron chi connectivity index (χ3n) is 3.22. The van der Waals surface area contributed by atoms with Crippen LogP contribution in [0.5, 0.6) is 0 Å². The average molecular weight is 241 g/mol. The number of anilines is 1. The lowest BCUT2D eigenvalue weighted by atomic mass is 10.1. The third kappa shape index (κ3) is 3.35. The van der Waals surface area contributed by atoms with Crippen LogP contribution < -0.4 is 10.6 Å². The maximum absolute atomic E-state index is 9.08. The second-order valence-corrected chi connectivity index (χ2v) is 4.65. The van der Waals surface area contributed by atoms with Gasteiger partial charge in [-0.15, -0.1) is 0 Å². The molecule has 3 heteroatoms. The number of benzene rings is 1. The van der Waals surface area contributed by atoms with E-state index in [-0.39, 0.29) is 0 Å². The minimum Gasteiger partial charge on any atom is -0.384 e. The van der Waals surface area contributed by atoms with Crippen molar-refractivity contribution in [1.82, 2.24) is 5.32 Å². The highest BCUT2D eigenvalue weighted by Crippen LogP contribution is 2.17. The molecule has 0 radical (unpaired) electrons. The largest absolute Gasteiger partial charge is 0.384 e. The van der Waals surface area contributed by atoms with E-state index in [4.69, 9.17) is 5.26 Å². The first-order valence-corrected chi connectivity index (χ1v) is 6.43. The quantitative estimate of drug-likeness (QED) is 0.797. The zero-order valence-corrected chi connectivity index (χ0v) is 10.8. The lowest BCUT2D eigenvalue weighted by Crippen LogP contribution is -2.21. The normalized spacial score (nSPS) is 14.8. The van der Waals surface area contributed by atoms with Gasteiger partial charge in [0.2, 0.25) is 0 Å². The van der Waals surface area contributed by atoms with E-state index in [1.54, 1.807) is 0 Å². The molecule has 0 bridgehead atoms. The van der Waals surface area contributed by atoms with Crippen molar-refractivity contribution in [3.8, 4) is 6.07 Å². The molecular formula is C15H19N3. The lowest BCUT2D eigenvalue weighted by Gasteiger charge is -2.15. The molecular weight excluding hydrogens is 222 g/mol. The van der Waals surface area contributed by atoms with Crippen molar-refractivity contribution in [1.29, 1.82) is 5.26 Å². The molecule has 0 amide bonds. The van der Waals surface area contributed by atoms with Crippen LogP contribution in [0.4, 0.5) is 5.69 Å². The van der Waals surface area contributed by atoms with Gasteiger partial charge in [-0.05, 0) is 44.0 Å². The zero-order valence-electron chi connectivity index (χ0n) is 10.8. The van der Waals surface area contributed by atoms with Crippen LogP contribution in [0.3, 0.4) is 0 Å². The molecule has 2 rings (SSSR count). The maximum Gasteiger partial charge on any atom is 0.101 e. The van der Waals surface area contributed by atoms with Crippen molar-refractivity contribution in [2.45, 2.75) is 19.8 Å². The molecule has 0 aromatic heterocycles. The van der Waals surface area contributed by atoms with Crippen molar-refractivity contribution in [3.05, 3.63) is 41.0 Å². The van der Waals surface area contributed by atoms with Crippen molar-refractivity contribution in [2.75, 3.05) is 25.0 Å². The molecule has 1 aliphatic rings. The van der Waals surface area contributed by atoms with Gasteiger partial charge in [0.1, 0.15) is 6.07 Å². The lowest BCUT2D eigenvalue weighted by molar-refractivity contribution is 0.683. The number of hydrogen-bond acceptors (Lipinski definition) is 3. The summed E-state index contributed by atoms with van der Waals surface area (Å²) in [5.74, 6) is 0. The molecule has 0 atom stereocenters. The Labute approximate surface area is 109 Å². The Balaban J connectivity index is 1.90. The fourth-order valence-corrected chi connectivity index (χ4v) is 2.16. The zero-order chi connectivity index (χ0) is 12.8. The Morgan fingerprint density at radius 1 is 1.44 bits per heavy atom. The number of nitriles is 1. The molecule has 2 N–H and O–H groups in total. The third-order valence-corrected chi connectivity index (χ3v) is 3.22. The highest BCUT2D eigenvalue weighted by Gasteiger charge is 2.04. The Morgan fingerprint density at radius 3 is 3.06 bits per heavy atom. The first-order valence-electron chi connectivity index (χ1n) is 6.43. The first kappa shape index (κ1) is 12.7. The number of nitrogens with zero attached hydrogens (tertiary/aromatic N) is 1. The average Bonchev–Trinajstić information content (AvgIpc) is 2.41. The number of aryl methyl sites for hydroxylation is 1. The molecule has 0 saturated carbocycles. The van der Waals surface area contributed by atoms with E-state index in [1.807, 2.05) is 25.1 Å². The summed E-state index contributed by atoms with van der Waals surface area (Å²) < 4.78 is 0. The van der Waals surface area contributed by atoms with Gasteiger partial charge >= 0.3 is 0 Å². The van der Waals surface area contributed by atoms with Crippen LogP contribution in [-0.2, 0) is 0 Å². The SMILES string of the molecule is Cc1ccc(NCCC2=CCNCC2)c(C#N)c1. The predicted molar refractivity (Wildman–Crippen MR) is 74.6 cm³/mol. The van der Waals surface area contributed by atoms with E-state index < -0.39 is 0 Å². The van der Waals surface area contributed by atoms with Crippen LogP contribution in [0.15, 0.2) is 29.8 Å². The second-order valence-electron chi connectivity index (χ2n) is 4.65. The molecule has 0 saturated heterocycles. The fraction of sp³-hybridized carbons (Fsp3) is 0.400. The van der Waals surface area contributed by atoms with E-state index in [2.05, 4.69) is 22.8 Å². The van der Waals surface area contributed by atoms with E-state index >= 15 is 0 Å². The van der Waals surface area contributed by atoms with E-state index in [0.717, 1.165) is 49.3 Å². The van der Waals surface area contributed by atoms with Crippen LogP contribution in [0.2, 0.25) is 0 Å². The molecule has 1 aliphatic heterocycles. The van der Waals surface area contributed by atoms with E-state index in [1.165, 1.54) is 5.57 Å². The standard InChI is InChI=1S/C15H19N3/c1-12-2-3-15(14(10-12)11-16)18-9-6-13-4-7-17-8-5-13/h2-4,10,17-18H,5-9H2,1H3. The molecule has 3 nitrogen and oxygen atoms in total. The second kappa shape index (κ2) is 6.23. The van der Waals surface area contributed by atoms with Gasteiger partial charge in [-0.2, -0.15) is 5.26 Å². The van der Waals surface area contributed by atoms with Gasteiger partial charge in [-0.25, -0.2) is 0 Å². The molecule has 18 heavy (non-hydrogen) atoms. The van der Waals surface area contributed by atoms with Crippen molar-refractivity contribution in [3.63, 3.8) is 0 Å². The Morgan fingerprint density at radius 2 is 2.33 bits per heavy atom. The molecule has 94 valence electrons. The number of nitrogens with one attached hydrogen (secondary N) is 2. The molecule has 1 heterocycles. The topological polar surface area (TPSA) is 47.8 Å². The molecule has 1 aromatic rings.